The van der Waals surface area contributed by atoms with Gasteiger partial charge in [-0.3, -0.25) is 9.59 Å². The first-order valence-corrected chi connectivity index (χ1v) is 11.6. The van der Waals surface area contributed by atoms with Crippen molar-refractivity contribution in [3.8, 4) is 0 Å². The standard InChI is InChI=1S/C25H31NO6/c1-3-5-14-30-23(28)19-18-12-13-25(32-18)20(19)22(27)26(16-17-10-8-7-9-11-17)21(25)24(29)31-15-6-4-2/h7-13,18-21H,3-6,14-16H2,1-2H3/t18-,19-,20-,21+,25?/m1/s1. The van der Waals surface area contributed by atoms with Crippen LogP contribution in [-0.4, -0.2) is 53.7 Å². The zero-order valence-corrected chi connectivity index (χ0v) is 18.7. The van der Waals surface area contributed by atoms with Crippen LogP contribution in [0.1, 0.15) is 45.1 Å². The minimum atomic E-state index is -1.20. The maximum atomic E-state index is 13.7. The minimum Gasteiger partial charge on any atom is -0.465 e. The summed E-state index contributed by atoms with van der Waals surface area (Å²) in [5, 5.41) is 0. The van der Waals surface area contributed by atoms with Crippen molar-refractivity contribution in [1.82, 2.24) is 4.90 Å². The summed E-state index contributed by atoms with van der Waals surface area (Å²) in [5.41, 5.74) is -0.307. The molecule has 2 bridgehead atoms. The summed E-state index contributed by atoms with van der Waals surface area (Å²) in [7, 11) is 0. The molecular formula is C25H31NO6. The Kier molecular flexibility index (Phi) is 6.65. The molecule has 1 aromatic rings. The molecule has 0 saturated carbocycles. The van der Waals surface area contributed by atoms with Gasteiger partial charge in [-0.25, -0.2) is 4.79 Å². The summed E-state index contributed by atoms with van der Waals surface area (Å²) in [6, 6.07) is 8.55. The number of benzene rings is 1. The largest absolute Gasteiger partial charge is 0.465 e. The van der Waals surface area contributed by atoms with E-state index in [9.17, 15) is 14.4 Å². The van der Waals surface area contributed by atoms with Crippen molar-refractivity contribution < 1.29 is 28.6 Å². The molecular weight excluding hydrogens is 410 g/mol. The van der Waals surface area contributed by atoms with Crippen molar-refractivity contribution in [1.29, 1.82) is 0 Å². The molecule has 32 heavy (non-hydrogen) atoms. The fraction of sp³-hybridized carbons (Fsp3) is 0.560. The second kappa shape index (κ2) is 9.45. The lowest BCUT2D eigenvalue weighted by Gasteiger charge is -2.31. The number of nitrogens with zero attached hydrogens (tertiary/aromatic N) is 1. The second-order valence-corrected chi connectivity index (χ2v) is 8.69. The first-order valence-electron chi connectivity index (χ1n) is 11.6. The minimum absolute atomic E-state index is 0.241. The predicted molar refractivity (Wildman–Crippen MR) is 116 cm³/mol. The highest BCUT2D eigenvalue weighted by Gasteiger charge is 2.73. The molecule has 4 rings (SSSR count). The molecule has 3 aliphatic rings. The van der Waals surface area contributed by atoms with Gasteiger partial charge in [0.15, 0.2) is 6.04 Å². The van der Waals surface area contributed by atoms with Gasteiger partial charge in [0.1, 0.15) is 11.5 Å². The summed E-state index contributed by atoms with van der Waals surface area (Å²) in [6.45, 7) is 4.87. The number of hydrogen-bond donors (Lipinski definition) is 0. The average Bonchev–Trinajstić information content (AvgIpc) is 3.42. The number of esters is 2. The first-order chi connectivity index (χ1) is 15.5. The van der Waals surface area contributed by atoms with Crippen LogP contribution in [0.15, 0.2) is 42.5 Å². The van der Waals surface area contributed by atoms with Crippen molar-refractivity contribution in [2.75, 3.05) is 13.2 Å². The van der Waals surface area contributed by atoms with E-state index >= 15 is 0 Å². The van der Waals surface area contributed by atoms with Crippen molar-refractivity contribution in [2.45, 2.75) is 63.8 Å². The topological polar surface area (TPSA) is 82.1 Å². The number of unbranched alkanes of at least 4 members (excludes halogenated alkanes) is 2. The third kappa shape index (κ3) is 3.83. The molecule has 2 saturated heterocycles. The van der Waals surface area contributed by atoms with Gasteiger partial charge >= 0.3 is 11.9 Å². The van der Waals surface area contributed by atoms with Gasteiger partial charge in [-0.2, -0.15) is 0 Å². The van der Waals surface area contributed by atoms with Crippen molar-refractivity contribution in [2.24, 2.45) is 11.8 Å². The van der Waals surface area contributed by atoms with Crippen molar-refractivity contribution >= 4 is 17.8 Å². The average molecular weight is 442 g/mol. The zero-order chi connectivity index (χ0) is 22.7. The highest BCUT2D eigenvalue weighted by molar-refractivity contribution is 5.97. The molecule has 1 amide bonds. The van der Waals surface area contributed by atoms with E-state index in [0.29, 0.717) is 6.61 Å². The zero-order valence-electron chi connectivity index (χ0n) is 18.7. The lowest BCUT2D eigenvalue weighted by molar-refractivity contribution is -0.159. The molecule has 3 aliphatic heterocycles. The van der Waals surface area contributed by atoms with E-state index in [1.54, 1.807) is 12.2 Å². The van der Waals surface area contributed by atoms with E-state index < -0.39 is 41.5 Å². The molecule has 0 radical (unpaired) electrons. The van der Waals surface area contributed by atoms with E-state index in [0.717, 1.165) is 31.2 Å². The molecule has 172 valence electrons. The Balaban J connectivity index is 1.64. The smallest absolute Gasteiger partial charge is 0.332 e. The number of amides is 1. The second-order valence-electron chi connectivity index (χ2n) is 8.69. The van der Waals surface area contributed by atoms with E-state index in [2.05, 4.69) is 0 Å². The van der Waals surface area contributed by atoms with E-state index in [1.807, 2.05) is 44.2 Å². The van der Waals surface area contributed by atoms with Crippen molar-refractivity contribution in [3.05, 3.63) is 48.0 Å². The van der Waals surface area contributed by atoms with Crippen LogP contribution in [0.2, 0.25) is 0 Å². The van der Waals surface area contributed by atoms with Crippen molar-refractivity contribution in [3.63, 3.8) is 0 Å². The number of carbonyl (C=O) groups excluding carboxylic acids is 3. The third-order valence-corrected chi connectivity index (χ3v) is 6.55. The monoisotopic (exact) mass is 441 g/mol. The first kappa shape index (κ1) is 22.5. The Labute approximate surface area is 188 Å². The molecule has 2 fully saturated rings. The third-order valence-electron chi connectivity index (χ3n) is 6.55. The fourth-order valence-electron chi connectivity index (χ4n) is 4.96. The van der Waals surface area contributed by atoms with E-state index in [1.165, 1.54) is 4.90 Å². The van der Waals surface area contributed by atoms with Gasteiger partial charge in [-0.1, -0.05) is 69.2 Å². The molecule has 7 nitrogen and oxygen atoms in total. The number of fused-ring (bicyclic) bond motifs is 1. The molecule has 3 heterocycles. The normalized spacial score (nSPS) is 29.9. The van der Waals surface area contributed by atoms with Crippen LogP contribution in [0.4, 0.5) is 0 Å². The maximum absolute atomic E-state index is 13.7. The van der Waals surface area contributed by atoms with Crippen LogP contribution in [0.25, 0.3) is 0 Å². The highest BCUT2D eigenvalue weighted by atomic mass is 16.6. The molecule has 0 aliphatic carbocycles. The molecule has 1 unspecified atom stereocenters. The number of likely N-dealkylation sites (tertiary alicyclic amines) is 1. The van der Waals surface area contributed by atoms with E-state index in [-0.39, 0.29) is 19.1 Å². The predicted octanol–water partition coefficient (Wildman–Crippen LogP) is 3.02. The summed E-state index contributed by atoms with van der Waals surface area (Å²) in [6.07, 6.45) is 6.30. The van der Waals surface area contributed by atoms with Crippen LogP contribution >= 0.6 is 0 Å². The summed E-state index contributed by atoms with van der Waals surface area (Å²) in [4.78, 5) is 41.3. The van der Waals surface area contributed by atoms with Crippen LogP contribution in [0.5, 0.6) is 0 Å². The Bertz CT molecular complexity index is 884. The number of carbonyl (C=O) groups is 3. The van der Waals surface area contributed by atoms with Gasteiger partial charge in [0.2, 0.25) is 5.91 Å². The van der Waals surface area contributed by atoms with Gasteiger partial charge < -0.3 is 19.1 Å². The lowest BCUT2D eigenvalue weighted by Crippen LogP contribution is -2.51. The summed E-state index contributed by atoms with van der Waals surface area (Å²) in [5.74, 6) is -2.74. The summed E-state index contributed by atoms with van der Waals surface area (Å²) < 4.78 is 17.2. The number of ether oxygens (including phenoxy) is 3. The molecule has 7 heteroatoms. The molecule has 1 aromatic carbocycles. The fourth-order valence-corrected chi connectivity index (χ4v) is 4.96. The molecule has 0 N–H and O–H groups in total. The number of hydrogen-bond acceptors (Lipinski definition) is 6. The number of rotatable bonds is 10. The maximum Gasteiger partial charge on any atom is 0.332 e. The van der Waals surface area contributed by atoms with E-state index in [4.69, 9.17) is 14.2 Å². The van der Waals surface area contributed by atoms with Gasteiger partial charge in [0.25, 0.3) is 0 Å². The molecule has 0 aromatic heterocycles. The Morgan fingerprint density at radius 3 is 2.34 bits per heavy atom. The van der Waals surface area contributed by atoms with Crippen LogP contribution in [-0.2, 0) is 35.1 Å². The summed E-state index contributed by atoms with van der Waals surface area (Å²) >= 11 is 0. The Hall–Kier alpha value is -2.67. The van der Waals surface area contributed by atoms with Crippen LogP contribution < -0.4 is 0 Å². The van der Waals surface area contributed by atoms with Gasteiger partial charge in [0.05, 0.1) is 25.2 Å². The van der Waals surface area contributed by atoms with Gasteiger partial charge in [-0.05, 0) is 18.4 Å². The quantitative estimate of drug-likeness (QED) is 0.315. The van der Waals surface area contributed by atoms with Gasteiger partial charge in [0, 0.05) is 6.54 Å². The lowest BCUT2D eigenvalue weighted by atomic mass is 9.74. The molecule has 1 spiro atoms. The van der Waals surface area contributed by atoms with Crippen LogP contribution in [0.3, 0.4) is 0 Å². The Morgan fingerprint density at radius 1 is 1.03 bits per heavy atom. The van der Waals surface area contributed by atoms with Gasteiger partial charge in [-0.15, -0.1) is 0 Å². The van der Waals surface area contributed by atoms with Crippen LogP contribution in [0, 0.1) is 11.8 Å². The Morgan fingerprint density at radius 2 is 1.69 bits per heavy atom. The SMILES string of the molecule is CCCCOC(=O)[C@@H]1[C@H]2C=CC3(O2)[C@H](C(=O)OCCCC)N(Cc2ccccc2)C(=O)[C@@H]13. The molecule has 5 atom stereocenters. The highest BCUT2D eigenvalue weighted by Crippen LogP contribution is 2.55.